The zero-order valence-electron chi connectivity index (χ0n) is 16.3. The predicted molar refractivity (Wildman–Crippen MR) is 114 cm³/mol. The molecule has 1 atom stereocenters. The molecule has 146 valence electrons. The first-order valence-electron chi connectivity index (χ1n) is 9.56. The van der Waals surface area contributed by atoms with E-state index in [2.05, 4.69) is 44.0 Å². The van der Waals surface area contributed by atoms with E-state index in [1.54, 1.807) is 6.07 Å². The van der Waals surface area contributed by atoms with Gasteiger partial charge in [0.15, 0.2) is 6.23 Å². The Kier molecular flexibility index (Phi) is 5.46. The molecule has 0 N–H and O–H groups in total. The SMILES string of the molecule is Cc1cc(C)c(-c2cc(-c3ccc(Cl)c(Cl)n3)n(C3CCCCO3)n2)c(C)c1. The monoisotopic (exact) mass is 415 g/mol. The van der Waals surface area contributed by atoms with Crippen molar-refractivity contribution in [2.45, 2.75) is 46.3 Å². The number of aromatic nitrogens is 3. The van der Waals surface area contributed by atoms with Crippen LogP contribution < -0.4 is 0 Å². The Balaban J connectivity index is 1.88. The highest BCUT2D eigenvalue weighted by Crippen LogP contribution is 2.35. The summed E-state index contributed by atoms with van der Waals surface area (Å²) < 4.78 is 7.98. The summed E-state index contributed by atoms with van der Waals surface area (Å²) in [5, 5.41) is 5.69. The van der Waals surface area contributed by atoms with E-state index in [4.69, 9.17) is 33.0 Å². The molecular formula is C22H23Cl2N3O. The van der Waals surface area contributed by atoms with Crippen molar-refractivity contribution < 1.29 is 4.74 Å². The van der Waals surface area contributed by atoms with Crippen molar-refractivity contribution in [2.24, 2.45) is 0 Å². The largest absolute Gasteiger partial charge is 0.356 e. The second kappa shape index (κ2) is 7.86. The van der Waals surface area contributed by atoms with Crippen LogP contribution in [0, 0.1) is 20.8 Å². The molecule has 3 heterocycles. The van der Waals surface area contributed by atoms with Gasteiger partial charge in [0, 0.05) is 12.2 Å². The van der Waals surface area contributed by atoms with Gasteiger partial charge in [-0.1, -0.05) is 40.9 Å². The van der Waals surface area contributed by atoms with Gasteiger partial charge in [-0.05, 0) is 69.4 Å². The summed E-state index contributed by atoms with van der Waals surface area (Å²) in [6.45, 7) is 7.12. The fourth-order valence-electron chi connectivity index (χ4n) is 3.99. The number of pyridine rings is 1. The molecule has 1 aliphatic rings. The standard InChI is InChI=1S/C22H23Cl2N3O/c1-13-10-14(2)21(15(3)11-13)18-12-19(17-8-7-16(23)22(24)25-17)27(26-18)20-6-4-5-9-28-20/h7-8,10-12,20H,4-6,9H2,1-3H3. The third-order valence-electron chi connectivity index (χ3n) is 5.16. The van der Waals surface area contributed by atoms with E-state index in [-0.39, 0.29) is 6.23 Å². The van der Waals surface area contributed by atoms with Crippen LogP contribution in [0.4, 0.5) is 0 Å². The number of hydrogen-bond acceptors (Lipinski definition) is 3. The zero-order valence-corrected chi connectivity index (χ0v) is 17.8. The highest BCUT2D eigenvalue weighted by Gasteiger charge is 2.24. The van der Waals surface area contributed by atoms with Crippen LogP contribution in [-0.4, -0.2) is 21.4 Å². The van der Waals surface area contributed by atoms with E-state index in [0.717, 1.165) is 48.5 Å². The number of hydrogen-bond donors (Lipinski definition) is 0. The molecule has 28 heavy (non-hydrogen) atoms. The molecule has 4 rings (SSSR count). The van der Waals surface area contributed by atoms with Crippen molar-refractivity contribution >= 4 is 23.2 Å². The van der Waals surface area contributed by atoms with Crippen molar-refractivity contribution in [1.29, 1.82) is 0 Å². The fraction of sp³-hybridized carbons (Fsp3) is 0.364. The number of benzene rings is 1. The lowest BCUT2D eigenvalue weighted by Crippen LogP contribution is -2.20. The van der Waals surface area contributed by atoms with Gasteiger partial charge in [0.1, 0.15) is 5.15 Å². The summed E-state index contributed by atoms with van der Waals surface area (Å²) >= 11 is 12.3. The van der Waals surface area contributed by atoms with Gasteiger partial charge in [-0.15, -0.1) is 0 Å². The van der Waals surface area contributed by atoms with Crippen LogP contribution in [0.2, 0.25) is 10.2 Å². The van der Waals surface area contributed by atoms with Gasteiger partial charge in [-0.3, -0.25) is 0 Å². The molecule has 4 nitrogen and oxygen atoms in total. The summed E-state index contributed by atoms with van der Waals surface area (Å²) in [6.07, 6.45) is 3.04. The number of halogens is 2. The van der Waals surface area contributed by atoms with Gasteiger partial charge in [0.25, 0.3) is 0 Å². The Labute approximate surface area is 175 Å². The van der Waals surface area contributed by atoms with Crippen LogP contribution in [0.25, 0.3) is 22.6 Å². The minimum atomic E-state index is -0.0974. The molecule has 0 aliphatic carbocycles. The van der Waals surface area contributed by atoms with E-state index in [1.807, 2.05) is 10.7 Å². The number of nitrogens with zero attached hydrogens (tertiary/aromatic N) is 3. The molecule has 0 radical (unpaired) electrons. The molecule has 0 bridgehead atoms. The van der Waals surface area contributed by atoms with E-state index in [9.17, 15) is 0 Å². The number of aryl methyl sites for hydroxylation is 3. The second-order valence-corrected chi connectivity index (χ2v) is 8.19. The highest BCUT2D eigenvalue weighted by molar-refractivity contribution is 6.41. The molecule has 3 aromatic rings. The molecule has 1 fully saturated rings. The maximum atomic E-state index is 6.19. The molecular weight excluding hydrogens is 393 g/mol. The summed E-state index contributed by atoms with van der Waals surface area (Å²) in [5.41, 5.74) is 7.37. The Morgan fingerprint density at radius 3 is 2.39 bits per heavy atom. The Bertz CT molecular complexity index is 1000. The van der Waals surface area contributed by atoms with Crippen molar-refractivity contribution in [3.63, 3.8) is 0 Å². The molecule has 1 aromatic carbocycles. The Hall–Kier alpha value is -1.88. The summed E-state index contributed by atoms with van der Waals surface area (Å²) in [5.74, 6) is 0. The van der Waals surface area contributed by atoms with Crippen LogP contribution in [0.3, 0.4) is 0 Å². The normalized spacial score (nSPS) is 17.1. The van der Waals surface area contributed by atoms with Crippen molar-refractivity contribution in [3.05, 3.63) is 57.2 Å². The first-order chi connectivity index (χ1) is 13.4. The van der Waals surface area contributed by atoms with Gasteiger partial charge < -0.3 is 4.74 Å². The average Bonchev–Trinajstić information content (AvgIpc) is 3.09. The molecule has 0 amide bonds. The highest BCUT2D eigenvalue weighted by atomic mass is 35.5. The van der Waals surface area contributed by atoms with Crippen molar-refractivity contribution in [3.8, 4) is 22.6 Å². The summed E-state index contributed by atoms with van der Waals surface area (Å²) in [7, 11) is 0. The summed E-state index contributed by atoms with van der Waals surface area (Å²) in [4.78, 5) is 4.48. The van der Waals surface area contributed by atoms with Gasteiger partial charge in [-0.2, -0.15) is 5.10 Å². The third-order valence-corrected chi connectivity index (χ3v) is 5.85. The molecule has 1 aliphatic heterocycles. The zero-order chi connectivity index (χ0) is 19.8. The van der Waals surface area contributed by atoms with Gasteiger partial charge in [0.2, 0.25) is 0 Å². The minimum Gasteiger partial charge on any atom is -0.356 e. The van der Waals surface area contributed by atoms with Gasteiger partial charge in [-0.25, -0.2) is 9.67 Å². The number of rotatable bonds is 3. The van der Waals surface area contributed by atoms with Gasteiger partial charge >= 0.3 is 0 Å². The minimum absolute atomic E-state index is 0.0974. The van der Waals surface area contributed by atoms with Crippen molar-refractivity contribution in [1.82, 2.24) is 14.8 Å². The first-order valence-corrected chi connectivity index (χ1v) is 10.3. The molecule has 0 spiro atoms. The van der Waals surface area contributed by atoms with Crippen LogP contribution in [0.5, 0.6) is 0 Å². The van der Waals surface area contributed by atoms with Crippen LogP contribution in [0.15, 0.2) is 30.3 Å². The third kappa shape index (κ3) is 3.69. The number of ether oxygens (including phenoxy) is 1. The van der Waals surface area contributed by atoms with E-state index >= 15 is 0 Å². The second-order valence-electron chi connectivity index (χ2n) is 7.42. The average molecular weight is 416 g/mol. The Morgan fingerprint density at radius 2 is 1.75 bits per heavy atom. The van der Waals surface area contributed by atoms with Crippen LogP contribution in [0.1, 0.15) is 42.2 Å². The maximum Gasteiger partial charge on any atom is 0.150 e. The molecule has 0 saturated carbocycles. The molecule has 6 heteroatoms. The van der Waals surface area contributed by atoms with E-state index in [0.29, 0.717) is 10.2 Å². The molecule has 2 aromatic heterocycles. The van der Waals surface area contributed by atoms with Crippen molar-refractivity contribution in [2.75, 3.05) is 6.61 Å². The quantitative estimate of drug-likeness (QED) is 0.455. The van der Waals surface area contributed by atoms with Crippen LogP contribution in [-0.2, 0) is 4.74 Å². The lowest BCUT2D eigenvalue weighted by Gasteiger charge is -2.24. The fourth-order valence-corrected chi connectivity index (χ4v) is 4.25. The molecule has 1 unspecified atom stereocenters. The van der Waals surface area contributed by atoms with E-state index in [1.165, 1.54) is 16.7 Å². The summed E-state index contributed by atoms with van der Waals surface area (Å²) in [6, 6.07) is 10.1. The molecule has 1 saturated heterocycles. The predicted octanol–water partition coefficient (Wildman–Crippen LogP) is 6.54. The lowest BCUT2D eigenvalue weighted by molar-refractivity contribution is -0.0382. The van der Waals surface area contributed by atoms with E-state index < -0.39 is 0 Å². The van der Waals surface area contributed by atoms with Gasteiger partial charge in [0.05, 0.1) is 22.1 Å². The first kappa shape index (κ1) is 19.4. The smallest absolute Gasteiger partial charge is 0.150 e. The van der Waals surface area contributed by atoms with Crippen LogP contribution >= 0.6 is 23.2 Å². The lowest BCUT2D eigenvalue weighted by atomic mass is 9.97. The Morgan fingerprint density at radius 1 is 1.00 bits per heavy atom. The maximum absolute atomic E-state index is 6.19. The topological polar surface area (TPSA) is 39.9 Å².